The van der Waals surface area contributed by atoms with Crippen LogP contribution in [-0.4, -0.2) is 38.8 Å². The number of methoxy groups -OCH3 is 1. The summed E-state index contributed by atoms with van der Waals surface area (Å²) in [6.07, 6.45) is 0. The highest BCUT2D eigenvalue weighted by molar-refractivity contribution is 7.89. The number of hydrogen-bond acceptors (Lipinski definition) is 4. The molecule has 6 nitrogen and oxygen atoms in total. The number of nitrogens with one attached hydrogen (secondary N) is 1. The molecule has 1 amide bonds. The van der Waals surface area contributed by atoms with E-state index in [0.717, 1.165) is 12.1 Å². The van der Waals surface area contributed by atoms with Crippen LogP contribution < -0.4 is 10.1 Å². The number of sulfonamides is 1. The molecular weight excluding hydrogens is 402 g/mol. The molecule has 9 heteroatoms. The molecule has 158 valence electrons. The summed E-state index contributed by atoms with van der Waals surface area (Å²) in [6, 6.07) is 6.83. The molecule has 0 aliphatic rings. The van der Waals surface area contributed by atoms with Crippen molar-refractivity contribution < 1.29 is 26.7 Å². The highest BCUT2D eigenvalue weighted by atomic mass is 32.2. The van der Waals surface area contributed by atoms with Gasteiger partial charge in [-0.15, -0.1) is 0 Å². The van der Waals surface area contributed by atoms with E-state index in [-0.39, 0.29) is 29.3 Å². The van der Waals surface area contributed by atoms with Crippen molar-refractivity contribution in [2.75, 3.05) is 20.2 Å². The van der Waals surface area contributed by atoms with E-state index < -0.39 is 33.6 Å². The Hall–Kier alpha value is -2.52. The number of halogens is 2. The normalized spacial score (nSPS) is 12.7. The predicted octanol–water partition coefficient (Wildman–Crippen LogP) is 3.49. The van der Waals surface area contributed by atoms with Gasteiger partial charge in [-0.2, -0.15) is 4.31 Å². The largest absolute Gasteiger partial charge is 0.495 e. The number of amides is 1. The third-order valence-electron chi connectivity index (χ3n) is 4.54. The maximum absolute atomic E-state index is 13.4. The van der Waals surface area contributed by atoms with E-state index in [2.05, 4.69) is 5.32 Å². The van der Waals surface area contributed by atoms with Crippen LogP contribution in [0.3, 0.4) is 0 Å². The summed E-state index contributed by atoms with van der Waals surface area (Å²) >= 11 is 0. The number of benzene rings is 2. The lowest BCUT2D eigenvalue weighted by molar-refractivity contribution is 0.0939. The summed E-state index contributed by atoms with van der Waals surface area (Å²) in [6.45, 7) is 5.58. The van der Waals surface area contributed by atoms with Crippen molar-refractivity contribution in [3.8, 4) is 5.75 Å². The summed E-state index contributed by atoms with van der Waals surface area (Å²) in [4.78, 5) is 12.5. The van der Waals surface area contributed by atoms with Crippen molar-refractivity contribution in [3.05, 3.63) is 59.2 Å². The van der Waals surface area contributed by atoms with Gasteiger partial charge in [0, 0.05) is 18.7 Å². The summed E-state index contributed by atoms with van der Waals surface area (Å²) in [5, 5.41) is 2.66. The van der Waals surface area contributed by atoms with Crippen LogP contribution in [0.4, 0.5) is 8.78 Å². The van der Waals surface area contributed by atoms with E-state index in [1.807, 2.05) is 0 Å². The third kappa shape index (κ3) is 4.91. The second-order valence-corrected chi connectivity index (χ2v) is 8.23. The molecule has 2 aromatic carbocycles. The minimum Gasteiger partial charge on any atom is -0.495 e. The Kier molecular flexibility index (Phi) is 7.32. The fourth-order valence-corrected chi connectivity index (χ4v) is 4.51. The molecule has 0 aromatic heterocycles. The minimum atomic E-state index is -3.85. The molecule has 0 aliphatic carbocycles. The lowest BCUT2D eigenvalue weighted by Crippen LogP contribution is -2.31. The van der Waals surface area contributed by atoms with E-state index in [0.29, 0.717) is 5.56 Å². The number of nitrogens with zero attached hydrogens (tertiary/aromatic N) is 1. The Morgan fingerprint density at radius 1 is 1.10 bits per heavy atom. The molecule has 0 aliphatic heterocycles. The van der Waals surface area contributed by atoms with Gasteiger partial charge in [-0.3, -0.25) is 4.79 Å². The Morgan fingerprint density at radius 2 is 1.76 bits per heavy atom. The van der Waals surface area contributed by atoms with Crippen molar-refractivity contribution in [3.63, 3.8) is 0 Å². The second-order valence-electron chi connectivity index (χ2n) is 6.32. The van der Waals surface area contributed by atoms with Crippen LogP contribution >= 0.6 is 0 Å². The van der Waals surface area contributed by atoms with Crippen molar-refractivity contribution in [1.29, 1.82) is 0 Å². The molecule has 0 saturated carbocycles. The molecule has 0 heterocycles. The third-order valence-corrected chi connectivity index (χ3v) is 6.61. The van der Waals surface area contributed by atoms with Crippen LogP contribution in [0.25, 0.3) is 0 Å². The highest BCUT2D eigenvalue weighted by Gasteiger charge is 2.27. The van der Waals surface area contributed by atoms with Crippen molar-refractivity contribution in [2.45, 2.75) is 31.7 Å². The number of carbonyl (C=O) groups is 1. The monoisotopic (exact) mass is 426 g/mol. The SMILES string of the molecule is CCN(CC)S(=O)(=O)c1cc(C(=O)NC(C)c2ccc(F)c(F)c2)ccc1OC. The molecule has 0 fully saturated rings. The standard InChI is InChI=1S/C20H24F2N2O4S/c1-5-24(6-2)29(26,27)19-12-15(8-10-18(19)28-4)20(25)23-13(3)14-7-9-16(21)17(22)11-14/h7-13H,5-6H2,1-4H3,(H,23,25). The van der Waals surface area contributed by atoms with Gasteiger partial charge >= 0.3 is 0 Å². The van der Waals surface area contributed by atoms with E-state index in [9.17, 15) is 22.0 Å². The number of hydrogen-bond donors (Lipinski definition) is 1. The van der Waals surface area contributed by atoms with E-state index >= 15 is 0 Å². The van der Waals surface area contributed by atoms with E-state index in [1.165, 1.54) is 35.7 Å². The number of ether oxygens (including phenoxy) is 1. The van der Waals surface area contributed by atoms with Crippen molar-refractivity contribution in [1.82, 2.24) is 9.62 Å². The van der Waals surface area contributed by atoms with Gasteiger partial charge in [0.1, 0.15) is 10.6 Å². The predicted molar refractivity (Wildman–Crippen MR) is 105 cm³/mol. The molecule has 0 spiro atoms. The Morgan fingerprint density at radius 3 is 2.31 bits per heavy atom. The van der Waals surface area contributed by atoms with Crippen LogP contribution in [0.2, 0.25) is 0 Å². The zero-order valence-corrected chi connectivity index (χ0v) is 17.5. The molecule has 0 saturated heterocycles. The first-order valence-corrected chi connectivity index (χ1v) is 10.5. The maximum atomic E-state index is 13.4. The van der Waals surface area contributed by atoms with Crippen molar-refractivity contribution >= 4 is 15.9 Å². The first kappa shape index (κ1) is 22.8. The van der Waals surface area contributed by atoms with Gasteiger partial charge in [0.25, 0.3) is 5.91 Å². The van der Waals surface area contributed by atoms with Gasteiger partial charge in [-0.05, 0) is 42.8 Å². The maximum Gasteiger partial charge on any atom is 0.251 e. The summed E-state index contributed by atoms with van der Waals surface area (Å²) in [7, 11) is -2.51. The average Bonchev–Trinajstić information content (AvgIpc) is 2.70. The lowest BCUT2D eigenvalue weighted by atomic mass is 10.1. The second kappa shape index (κ2) is 9.32. The lowest BCUT2D eigenvalue weighted by Gasteiger charge is -2.21. The van der Waals surface area contributed by atoms with Gasteiger partial charge < -0.3 is 10.1 Å². The smallest absolute Gasteiger partial charge is 0.251 e. The summed E-state index contributed by atoms with van der Waals surface area (Å²) < 4.78 is 58.8. The summed E-state index contributed by atoms with van der Waals surface area (Å²) in [5.41, 5.74) is 0.479. The Balaban J connectivity index is 2.35. The van der Waals surface area contributed by atoms with Crippen molar-refractivity contribution in [2.24, 2.45) is 0 Å². The number of carbonyl (C=O) groups excluding carboxylic acids is 1. The molecular formula is C20H24F2N2O4S. The van der Waals surface area contributed by atoms with Crippen LogP contribution in [0.1, 0.15) is 42.7 Å². The van der Waals surface area contributed by atoms with Crippen LogP contribution in [0, 0.1) is 11.6 Å². The molecule has 1 unspecified atom stereocenters. The molecule has 1 atom stereocenters. The minimum absolute atomic E-state index is 0.103. The zero-order valence-electron chi connectivity index (χ0n) is 16.7. The highest BCUT2D eigenvalue weighted by Crippen LogP contribution is 2.28. The molecule has 2 rings (SSSR count). The van der Waals surface area contributed by atoms with E-state index in [4.69, 9.17) is 4.74 Å². The molecule has 0 radical (unpaired) electrons. The Bertz CT molecular complexity index is 992. The topological polar surface area (TPSA) is 75.7 Å². The van der Waals surface area contributed by atoms with E-state index in [1.54, 1.807) is 20.8 Å². The van der Waals surface area contributed by atoms with Gasteiger partial charge in [0.2, 0.25) is 10.0 Å². The molecule has 0 bridgehead atoms. The molecule has 29 heavy (non-hydrogen) atoms. The van der Waals surface area contributed by atoms with Gasteiger partial charge in [-0.1, -0.05) is 19.9 Å². The first-order chi connectivity index (χ1) is 13.6. The first-order valence-electron chi connectivity index (χ1n) is 9.09. The van der Waals surface area contributed by atoms with Gasteiger partial charge in [-0.25, -0.2) is 17.2 Å². The fourth-order valence-electron chi connectivity index (χ4n) is 2.87. The molecule has 2 aromatic rings. The fraction of sp³-hybridized carbons (Fsp3) is 0.350. The van der Waals surface area contributed by atoms with Crippen LogP contribution in [0.5, 0.6) is 5.75 Å². The van der Waals surface area contributed by atoms with Crippen LogP contribution in [-0.2, 0) is 10.0 Å². The number of rotatable bonds is 8. The van der Waals surface area contributed by atoms with Gasteiger partial charge in [0.05, 0.1) is 13.2 Å². The average molecular weight is 426 g/mol. The van der Waals surface area contributed by atoms with Crippen LogP contribution in [0.15, 0.2) is 41.3 Å². The Labute approximate surface area is 169 Å². The summed E-state index contributed by atoms with van der Waals surface area (Å²) in [5.74, 6) is -2.42. The van der Waals surface area contributed by atoms with Gasteiger partial charge in [0.15, 0.2) is 11.6 Å². The zero-order chi connectivity index (χ0) is 21.8. The quantitative estimate of drug-likeness (QED) is 0.701. The molecule has 1 N–H and O–H groups in total.